The van der Waals surface area contributed by atoms with E-state index in [9.17, 15) is 10.1 Å². The van der Waals surface area contributed by atoms with Gasteiger partial charge in [0.05, 0.1) is 15.1 Å². The van der Waals surface area contributed by atoms with Crippen LogP contribution in [0.15, 0.2) is 17.6 Å². The number of benzene rings is 1. The number of nitrogens with one attached hydrogen (secondary N) is 1. The lowest BCUT2D eigenvalue weighted by molar-refractivity contribution is -0.383. The number of hydrogen-bond acceptors (Lipinski definition) is 5. The van der Waals surface area contributed by atoms with Gasteiger partial charge in [-0.05, 0) is 31.9 Å². The van der Waals surface area contributed by atoms with Crippen LogP contribution >= 0.6 is 11.3 Å². The predicted molar refractivity (Wildman–Crippen MR) is 82.4 cm³/mol. The van der Waals surface area contributed by atoms with E-state index < -0.39 is 0 Å². The number of thiazole rings is 1. The number of rotatable bonds is 7. The molecule has 1 unspecified atom stereocenters. The summed E-state index contributed by atoms with van der Waals surface area (Å²) in [5, 5.41) is 14.8. The maximum absolute atomic E-state index is 11.4. The second kappa shape index (κ2) is 6.76. The molecule has 0 aliphatic heterocycles. The molecule has 0 fully saturated rings. The smallest absolute Gasteiger partial charge is 0.299 e. The van der Waals surface area contributed by atoms with Crippen LogP contribution in [0.1, 0.15) is 32.3 Å². The molecular formula is C14H19N3O2S. The molecule has 20 heavy (non-hydrogen) atoms. The first-order chi connectivity index (χ1) is 9.67. The Morgan fingerprint density at radius 3 is 2.90 bits per heavy atom. The van der Waals surface area contributed by atoms with Crippen molar-refractivity contribution >= 4 is 27.2 Å². The second-order valence-electron chi connectivity index (χ2n) is 4.79. The van der Waals surface area contributed by atoms with E-state index in [0.717, 1.165) is 29.6 Å². The van der Waals surface area contributed by atoms with Crippen molar-refractivity contribution in [1.82, 2.24) is 10.3 Å². The highest BCUT2D eigenvalue weighted by atomic mass is 32.1. The molecule has 0 amide bonds. The summed E-state index contributed by atoms with van der Waals surface area (Å²) < 4.78 is 0.870. The quantitative estimate of drug-likeness (QED) is 0.626. The van der Waals surface area contributed by atoms with Crippen LogP contribution in [0.2, 0.25) is 0 Å². The minimum atomic E-state index is -0.302. The summed E-state index contributed by atoms with van der Waals surface area (Å²) in [5.41, 5.74) is 3.11. The molecule has 108 valence electrons. The lowest BCUT2D eigenvalue weighted by Crippen LogP contribution is -2.31. The monoisotopic (exact) mass is 293 g/mol. The molecule has 2 rings (SSSR count). The summed E-state index contributed by atoms with van der Waals surface area (Å²) in [7, 11) is 0. The highest BCUT2D eigenvalue weighted by Gasteiger charge is 2.22. The number of hydrogen-bond donors (Lipinski definition) is 1. The third-order valence-corrected chi connectivity index (χ3v) is 4.18. The molecule has 0 bridgehead atoms. The summed E-state index contributed by atoms with van der Waals surface area (Å²) in [6.45, 7) is 5.15. The van der Waals surface area contributed by atoms with Crippen molar-refractivity contribution in [3.05, 3.63) is 33.3 Å². The summed E-state index contributed by atoms with van der Waals surface area (Å²) in [5.74, 6) is 0. The van der Waals surface area contributed by atoms with Crippen molar-refractivity contribution in [2.75, 3.05) is 6.54 Å². The van der Waals surface area contributed by atoms with Gasteiger partial charge in [0, 0.05) is 11.6 Å². The number of aromatic nitrogens is 1. The Hall–Kier alpha value is -1.53. The van der Waals surface area contributed by atoms with E-state index in [4.69, 9.17) is 0 Å². The maximum atomic E-state index is 11.4. The van der Waals surface area contributed by atoms with E-state index in [1.165, 1.54) is 11.3 Å². The molecular weight excluding hydrogens is 274 g/mol. The Kier molecular flexibility index (Phi) is 5.03. The average Bonchev–Trinajstić information content (AvgIpc) is 2.90. The molecule has 5 nitrogen and oxygen atoms in total. The minimum Gasteiger partial charge on any atom is -0.314 e. The van der Waals surface area contributed by atoms with Crippen molar-refractivity contribution < 1.29 is 4.92 Å². The largest absolute Gasteiger partial charge is 0.314 e. The summed E-state index contributed by atoms with van der Waals surface area (Å²) in [6, 6.07) is 4.07. The van der Waals surface area contributed by atoms with E-state index in [2.05, 4.69) is 24.1 Å². The van der Waals surface area contributed by atoms with E-state index in [0.29, 0.717) is 11.9 Å². The fourth-order valence-corrected chi connectivity index (χ4v) is 2.98. The molecule has 1 aromatic heterocycles. The maximum Gasteiger partial charge on any atom is 0.299 e. The van der Waals surface area contributed by atoms with Crippen molar-refractivity contribution in [3.8, 4) is 0 Å². The fraction of sp³-hybridized carbons (Fsp3) is 0.500. The van der Waals surface area contributed by atoms with Crippen molar-refractivity contribution in [3.63, 3.8) is 0 Å². The highest BCUT2D eigenvalue weighted by Crippen LogP contribution is 2.31. The van der Waals surface area contributed by atoms with Crippen LogP contribution in [0, 0.1) is 10.1 Å². The van der Waals surface area contributed by atoms with Gasteiger partial charge in [-0.25, -0.2) is 4.98 Å². The second-order valence-corrected chi connectivity index (χ2v) is 5.68. The molecule has 0 spiro atoms. The van der Waals surface area contributed by atoms with Gasteiger partial charge in [-0.15, -0.1) is 11.3 Å². The summed E-state index contributed by atoms with van der Waals surface area (Å²) in [6.07, 6.45) is 2.68. The minimum absolute atomic E-state index is 0.167. The number of nitro benzene ring substituents is 1. The Labute approximate surface area is 122 Å². The molecule has 0 aliphatic carbocycles. The third-order valence-electron chi connectivity index (χ3n) is 3.38. The van der Waals surface area contributed by atoms with Crippen LogP contribution in [0.25, 0.3) is 10.2 Å². The lowest BCUT2D eigenvalue weighted by Gasteiger charge is -2.16. The Bertz CT molecular complexity index is 597. The van der Waals surface area contributed by atoms with Crippen molar-refractivity contribution in [2.24, 2.45) is 0 Å². The summed E-state index contributed by atoms with van der Waals surface area (Å²) >= 11 is 1.43. The molecule has 0 saturated heterocycles. The fourth-order valence-electron chi connectivity index (χ4n) is 2.30. The molecule has 1 N–H and O–H groups in total. The molecule has 0 radical (unpaired) electrons. The Morgan fingerprint density at radius 2 is 2.25 bits per heavy atom. The van der Waals surface area contributed by atoms with Gasteiger partial charge in [0.15, 0.2) is 5.52 Å². The van der Waals surface area contributed by atoms with Crippen LogP contribution in [0.4, 0.5) is 5.69 Å². The first-order valence-corrected chi connectivity index (χ1v) is 7.78. The van der Waals surface area contributed by atoms with Gasteiger partial charge in [0.1, 0.15) is 0 Å². The highest BCUT2D eigenvalue weighted by molar-refractivity contribution is 7.16. The predicted octanol–water partition coefficient (Wildman–Crippen LogP) is 3.53. The Balaban J connectivity index is 2.32. The zero-order chi connectivity index (χ0) is 14.5. The average molecular weight is 293 g/mol. The van der Waals surface area contributed by atoms with Crippen LogP contribution < -0.4 is 5.32 Å². The van der Waals surface area contributed by atoms with Crippen LogP contribution in [0.5, 0.6) is 0 Å². The van der Waals surface area contributed by atoms with Gasteiger partial charge >= 0.3 is 0 Å². The SMILES string of the molecule is CCCNC(CC)Cc1ccc2scnc2c1[N+](=O)[O-]. The molecule has 1 aromatic carbocycles. The molecule has 1 heterocycles. The number of nitrogens with zero attached hydrogens (tertiary/aromatic N) is 2. The zero-order valence-electron chi connectivity index (χ0n) is 11.8. The van der Waals surface area contributed by atoms with Crippen LogP contribution in [-0.4, -0.2) is 22.5 Å². The first kappa shape index (κ1) is 14.9. The molecule has 1 atom stereocenters. The van der Waals surface area contributed by atoms with E-state index in [-0.39, 0.29) is 16.7 Å². The molecule has 0 saturated carbocycles. The van der Waals surface area contributed by atoms with E-state index in [1.807, 2.05) is 12.1 Å². The van der Waals surface area contributed by atoms with Crippen LogP contribution in [-0.2, 0) is 6.42 Å². The Morgan fingerprint density at radius 1 is 1.45 bits per heavy atom. The number of fused-ring (bicyclic) bond motifs is 1. The molecule has 2 aromatic rings. The van der Waals surface area contributed by atoms with Crippen molar-refractivity contribution in [2.45, 2.75) is 39.2 Å². The third kappa shape index (κ3) is 3.13. The standard InChI is InChI=1S/C14H19N3O2S/c1-3-7-15-11(4-2)8-10-5-6-12-13(16-9-20-12)14(10)17(18)19/h5-6,9,11,15H,3-4,7-8H2,1-2H3. The molecule has 0 aliphatic rings. The van der Waals surface area contributed by atoms with Gasteiger partial charge in [-0.1, -0.05) is 19.9 Å². The van der Waals surface area contributed by atoms with E-state index >= 15 is 0 Å². The van der Waals surface area contributed by atoms with Gasteiger partial charge in [0.25, 0.3) is 5.69 Å². The van der Waals surface area contributed by atoms with Gasteiger partial charge in [-0.3, -0.25) is 10.1 Å². The number of nitro groups is 1. The van der Waals surface area contributed by atoms with Gasteiger partial charge < -0.3 is 5.32 Å². The van der Waals surface area contributed by atoms with Gasteiger partial charge in [-0.2, -0.15) is 0 Å². The summed E-state index contributed by atoms with van der Waals surface area (Å²) in [4.78, 5) is 15.2. The molecule has 6 heteroatoms. The topological polar surface area (TPSA) is 68.1 Å². The zero-order valence-corrected chi connectivity index (χ0v) is 12.6. The normalized spacial score (nSPS) is 12.7. The van der Waals surface area contributed by atoms with Crippen molar-refractivity contribution in [1.29, 1.82) is 0 Å². The first-order valence-electron chi connectivity index (χ1n) is 6.90. The lowest BCUT2D eigenvalue weighted by atomic mass is 10.0. The van der Waals surface area contributed by atoms with Gasteiger partial charge in [0.2, 0.25) is 0 Å². The van der Waals surface area contributed by atoms with Crippen LogP contribution in [0.3, 0.4) is 0 Å². The van der Waals surface area contributed by atoms with E-state index in [1.54, 1.807) is 5.51 Å².